The van der Waals surface area contributed by atoms with Gasteiger partial charge in [-0.2, -0.15) is 0 Å². The predicted molar refractivity (Wildman–Crippen MR) is 83.2 cm³/mol. The van der Waals surface area contributed by atoms with E-state index in [-0.39, 0.29) is 9.20 Å². The van der Waals surface area contributed by atoms with Crippen molar-refractivity contribution in [2.45, 2.75) is 24.1 Å². The molecule has 0 aliphatic carbocycles. The highest BCUT2D eigenvalue weighted by atomic mass is 32.2. The zero-order valence-corrected chi connectivity index (χ0v) is 13.7. The summed E-state index contributed by atoms with van der Waals surface area (Å²) in [7, 11) is -1.51. The van der Waals surface area contributed by atoms with E-state index in [9.17, 15) is 8.42 Å². The van der Waals surface area contributed by atoms with Gasteiger partial charge in [0.2, 0.25) is 10.0 Å². The zero-order valence-electron chi connectivity index (χ0n) is 11.2. The lowest BCUT2D eigenvalue weighted by atomic mass is 10.3. The van der Waals surface area contributed by atoms with Crippen molar-refractivity contribution in [3.63, 3.8) is 0 Å². The number of rotatable bonds is 7. The lowest BCUT2D eigenvalue weighted by Gasteiger charge is -2.20. The highest BCUT2D eigenvalue weighted by molar-refractivity contribution is 7.91. The maximum atomic E-state index is 12.0. The van der Waals surface area contributed by atoms with Gasteiger partial charge in [-0.3, -0.25) is 0 Å². The Bertz CT molecular complexity index is 537. The number of likely N-dealkylation sites (N-methyl/N-ethyl adjacent to an activating group) is 1. The average molecular weight is 321 g/mol. The van der Waals surface area contributed by atoms with Crippen LogP contribution in [0, 0.1) is 0 Å². The second-order valence-electron chi connectivity index (χ2n) is 4.46. The maximum absolute atomic E-state index is 12.0. The van der Waals surface area contributed by atoms with Gasteiger partial charge in [0, 0.05) is 19.1 Å². The molecule has 0 radical (unpaired) electrons. The van der Waals surface area contributed by atoms with E-state index < -0.39 is 10.0 Å². The van der Waals surface area contributed by atoms with Gasteiger partial charge in [-0.05, 0) is 33.0 Å². The number of thiophene rings is 1. The SMILES string of the molecule is CC(C)N(C)CCNS(=O)(=O)c1ccc(C(N)=S)s1. The average Bonchev–Trinajstić information content (AvgIpc) is 2.78. The van der Waals surface area contributed by atoms with Crippen LogP contribution in [0.2, 0.25) is 0 Å². The van der Waals surface area contributed by atoms with Gasteiger partial charge in [0.15, 0.2) is 0 Å². The highest BCUT2D eigenvalue weighted by Crippen LogP contribution is 2.21. The maximum Gasteiger partial charge on any atom is 0.250 e. The molecule has 1 aromatic rings. The molecule has 0 aliphatic heterocycles. The van der Waals surface area contributed by atoms with E-state index in [1.807, 2.05) is 7.05 Å². The van der Waals surface area contributed by atoms with Crippen molar-refractivity contribution < 1.29 is 8.42 Å². The molecule has 0 aromatic carbocycles. The molecular formula is C11H19N3O2S3. The first kappa shape index (κ1) is 16.5. The number of sulfonamides is 1. The molecule has 19 heavy (non-hydrogen) atoms. The van der Waals surface area contributed by atoms with Crippen molar-refractivity contribution in [2.24, 2.45) is 5.73 Å². The molecule has 0 bridgehead atoms. The number of nitrogens with zero attached hydrogens (tertiary/aromatic N) is 1. The third-order valence-electron chi connectivity index (χ3n) is 2.73. The van der Waals surface area contributed by atoms with Gasteiger partial charge in [-0.25, -0.2) is 13.1 Å². The second kappa shape index (κ2) is 6.76. The molecule has 0 saturated heterocycles. The van der Waals surface area contributed by atoms with Crippen LogP contribution in [-0.4, -0.2) is 44.5 Å². The van der Waals surface area contributed by atoms with Crippen molar-refractivity contribution in [2.75, 3.05) is 20.1 Å². The van der Waals surface area contributed by atoms with Gasteiger partial charge >= 0.3 is 0 Å². The van der Waals surface area contributed by atoms with Crippen LogP contribution >= 0.6 is 23.6 Å². The molecule has 0 aliphatic rings. The van der Waals surface area contributed by atoms with E-state index in [0.29, 0.717) is 24.0 Å². The van der Waals surface area contributed by atoms with E-state index in [4.69, 9.17) is 18.0 Å². The van der Waals surface area contributed by atoms with Crippen molar-refractivity contribution in [3.8, 4) is 0 Å². The van der Waals surface area contributed by atoms with Crippen LogP contribution < -0.4 is 10.5 Å². The Labute approximate surface area is 123 Å². The van der Waals surface area contributed by atoms with Crippen molar-refractivity contribution in [1.29, 1.82) is 0 Å². The number of thiocarbonyl (C=S) groups is 1. The fourth-order valence-electron chi connectivity index (χ4n) is 1.28. The molecule has 1 heterocycles. The van der Waals surface area contributed by atoms with Crippen LogP contribution in [0.1, 0.15) is 18.7 Å². The molecule has 8 heteroatoms. The summed E-state index contributed by atoms with van der Waals surface area (Å²) >= 11 is 5.90. The molecule has 0 saturated carbocycles. The Morgan fingerprint density at radius 1 is 1.53 bits per heavy atom. The number of nitrogens with one attached hydrogen (secondary N) is 1. The Morgan fingerprint density at radius 3 is 2.63 bits per heavy atom. The Morgan fingerprint density at radius 2 is 2.16 bits per heavy atom. The van der Waals surface area contributed by atoms with E-state index in [1.165, 1.54) is 6.07 Å². The first-order chi connectivity index (χ1) is 8.74. The highest BCUT2D eigenvalue weighted by Gasteiger charge is 2.17. The summed E-state index contributed by atoms with van der Waals surface area (Å²) in [5.41, 5.74) is 5.46. The fourth-order valence-corrected chi connectivity index (χ4v) is 3.70. The Hall–Kier alpha value is -0.540. The van der Waals surface area contributed by atoms with Crippen molar-refractivity contribution in [1.82, 2.24) is 9.62 Å². The van der Waals surface area contributed by atoms with Crippen LogP contribution in [-0.2, 0) is 10.0 Å². The fraction of sp³-hybridized carbons (Fsp3) is 0.545. The van der Waals surface area contributed by atoms with Gasteiger partial charge in [-0.1, -0.05) is 12.2 Å². The van der Waals surface area contributed by atoms with Crippen LogP contribution in [0.4, 0.5) is 0 Å². The van der Waals surface area contributed by atoms with Gasteiger partial charge in [0.05, 0.1) is 4.88 Å². The summed E-state index contributed by atoms with van der Waals surface area (Å²) < 4.78 is 26.8. The van der Waals surface area contributed by atoms with Crippen LogP contribution in [0.3, 0.4) is 0 Å². The quantitative estimate of drug-likeness (QED) is 0.733. The standard InChI is InChI=1S/C11H19N3O2S3/c1-8(2)14(3)7-6-13-19(15,16)10-5-4-9(18-10)11(12)17/h4-5,8,13H,6-7H2,1-3H3,(H2,12,17). The van der Waals surface area contributed by atoms with Gasteiger partial charge in [-0.15, -0.1) is 11.3 Å². The summed E-state index contributed by atoms with van der Waals surface area (Å²) in [6.45, 7) is 5.15. The molecular weight excluding hydrogens is 302 g/mol. The minimum absolute atomic E-state index is 0.214. The molecule has 1 rings (SSSR count). The normalized spacial score (nSPS) is 12.3. The summed E-state index contributed by atoms with van der Waals surface area (Å²) in [6, 6.07) is 3.53. The third-order valence-corrected chi connectivity index (χ3v) is 6.15. The van der Waals surface area contributed by atoms with E-state index in [2.05, 4.69) is 23.5 Å². The van der Waals surface area contributed by atoms with Gasteiger partial charge in [0.1, 0.15) is 9.20 Å². The number of hydrogen-bond donors (Lipinski definition) is 2. The van der Waals surface area contributed by atoms with Gasteiger partial charge < -0.3 is 10.6 Å². The number of hydrogen-bond acceptors (Lipinski definition) is 5. The van der Waals surface area contributed by atoms with Crippen LogP contribution in [0.15, 0.2) is 16.3 Å². The summed E-state index contributed by atoms with van der Waals surface area (Å²) in [6.07, 6.45) is 0. The van der Waals surface area contributed by atoms with E-state index >= 15 is 0 Å². The largest absolute Gasteiger partial charge is 0.389 e. The Kier molecular flexibility index (Phi) is 5.87. The first-order valence-corrected chi connectivity index (χ1v) is 8.54. The summed E-state index contributed by atoms with van der Waals surface area (Å²) in [4.78, 5) is 2.89. The van der Waals surface area contributed by atoms with E-state index in [0.717, 1.165) is 11.3 Å². The molecule has 3 N–H and O–H groups in total. The monoisotopic (exact) mass is 321 g/mol. The Balaban J connectivity index is 2.63. The van der Waals surface area contributed by atoms with Crippen LogP contribution in [0.25, 0.3) is 0 Å². The molecule has 0 atom stereocenters. The topological polar surface area (TPSA) is 75.4 Å². The second-order valence-corrected chi connectivity index (χ2v) is 7.97. The minimum atomic E-state index is -3.47. The van der Waals surface area contributed by atoms with Crippen molar-refractivity contribution >= 4 is 38.6 Å². The molecule has 0 fully saturated rings. The molecule has 0 amide bonds. The molecule has 0 spiro atoms. The molecule has 1 aromatic heterocycles. The van der Waals surface area contributed by atoms with Gasteiger partial charge in [0.25, 0.3) is 0 Å². The van der Waals surface area contributed by atoms with E-state index in [1.54, 1.807) is 6.07 Å². The summed E-state index contributed by atoms with van der Waals surface area (Å²) in [5.74, 6) is 0. The smallest absolute Gasteiger partial charge is 0.250 e. The minimum Gasteiger partial charge on any atom is -0.389 e. The lowest BCUT2D eigenvalue weighted by molar-refractivity contribution is 0.278. The molecule has 0 unspecified atom stereocenters. The lowest BCUT2D eigenvalue weighted by Crippen LogP contribution is -2.35. The van der Waals surface area contributed by atoms with Crippen molar-refractivity contribution in [3.05, 3.63) is 17.0 Å². The number of nitrogens with two attached hydrogens (primary N) is 1. The summed E-state index contributed by atoms with van der Waals surface area (Å²) in [5, 5.41) is 0. The zero-order chi connectivity index (χ0) is 14.6. The molecule has 5 nitrogen and oxygen atoms in total. The van der Waals surface area contributed by atoms with Crippen LogP contribution in [0.5, 0.6) is 0 Å². The molecule has 108 valence electrons. The predicted octanol–water partition coefficient (Wildman–Crippen LogP) is 1.00. The third kappa shape index (κ3) is 4.81. The first-order valence-electron chi connectivity index (χ1n) is 5.83.